The minimum absolute atomic E-state index is 0. The van der Waals surface area contributed by atoms with E-state index in [4.69, 9.17) is 4.74 Å². The average molecular weight is 481 g/mol. The third-order valence-electron chi connectivity index (χ3n) is 5.63. The number of fused-ring (bicyclic) bond motifs is 1. The highest BCUT2D eigenvalue weighted by Gasteiger charge is 2.43. The fourth-order valence-electron chi connectivity index (χ4n) is 4.17. The molecular formula is C20H28IN5O. The first-order chi connectivity index (χ1) is 12.7. The maximum absolute atomic E-state index is 6.45. The van der Waals surface area contributed by atoms with Crippen LogP contribution in [0.5, 0.6) is 5.75 Å². The van der Waals surface area contributed by atoms with Gasteiger partial charge in [-0.05, 0) is 38.7 Å². The number of nitrogens with one attached hydrogen (secondary N) is 3. The smallest absolute Gasteiger partial charge is 0.191 e. The molecule has 1 fully saturated rings. The Kier molecular flexibility index (Phi) is 6.29. The number of hydrogen-bond acceptors (Lipinski definition) is 3. The van der Waals surface area contributed by atoms with Crippen molar-refractivity contribution in [2.45, 2.75) is 57.2 Å². The Morgan fingerprint density at radius 3 is 2.81 bits per heavy atom. The second kappa shape index (κ2) is 8.50. The lowest BCUT2D eigenvalue weighted by Crippen LogP contribution is -2.46. The van der Waals surface area contributed by atoms with Crippen LogP contribution in [0.25, 0.3) is 0 Å². The molecule has 2 aliphatic rings. The van der Waals surface area contributed by atoms with Crippen LogP contribution in [0.2, 0.25) is 0 Å². The van der Waals surface area contributed by atoms with Crippen LogP contribution in [0.3, 0.4) is 0 Å². The maximum atomic E-state index is 6.45. The van der Waals surface area contributed by atoms with Crippen LogP contribution in [0.1, 0.15) is 55.0 Å². The first-order valence-corrected chi connectivity index (χ1v) is 9.43. The van der Waals surface area contributed by atoms with E-state index in [1.54, 1.807) is 0 Å². The van der Waals surface area contributed by atoms with Crippen molar-refractivity contribution in [3.8, 4) is 5.75 Å². The van der Waals surface area contributed by atoms with Gasteiger partial charge in [-0.25, -0.2) is 0 Å². The number of aliphatic imine (C=N–C) groups is 1. The van der Waals surface area contributed by atoms with Crippen molar-refractivity contribution in [1.29, 1.82) is 0 Å². The van der Waals surface area contributed by atoms with E-state index in [0.29, 0.717) is 6.54 Å². The average Bonchev–Trinajstić information content (AvgIpc) is 3.27. The summed E-state index contributed by atoms with van der Waals surface area (Å²) >= 11 is 0. The first-order valence-electron chi connectivity index (χ1n) is 9.43. The predicted octanol–water partition coefficient (Wildman–Crippen LogP) is 3.84. The zero-order chi connectivity index (χ0) is 18.0. The lowest BCUT2D eigenvalue weighted by molar-refractivity contribution is 0.0396. The Bertz CT molecular complexity index is 797. The van der Waals surface area contributed by atoms with Gasteiger partial charge in [0.2, 0.25) is 0 Å². The molecule has 1 unspecified atom stereocenters. The number of aromatic nitrogens is 2. The van der Waals surface area contributed by atoms with Crippen molar-refractivity contribution in [2.75, 3.05) is 7.05 Å². The number of benzene rings is 1. The molecule has 0 saturated heterocycles. The molecule has 146 valence electrons. The monoisotopic (exact) mass is 481 g/mol. The third-order valence-corrected chi connectivity index (χ3v) is 5.63. The van der Waals surface area contributed by atoms with Crippen LogP contribution in [-0.2, 0) is 6.54 Å². The Balaban J connectivity index is 0.00000210. The summed E-state index contributed by atoms with van der Waals surface area (Å²) in [6.07, 6.45) is 7.62. The summed E-state index contributed by atoms with van der Waals surface area (Å²) in [6, 6.07) is 8.58. The molecule has 1 atom stereocenters. The zero-order valence-corrected chi connectivity index (χ0v) is 18.2. The fraction of sp³-hybridized carbons (Fsp3) is 0.500. The minimum atomic E-state index is -0.0218. The molecule has 6 nitrogen and oxygen atoms in total. The molecule has 1 spiro atoms. The second-order valence-electron chi connectivity index (χ2n) is 7.38. The number of halogens is 1. The van der Waals surface area contributed by atoms with Gasteiger partial charge in [-0.1, -0.05) is 18.2 Å². The molecule has 2 aromatic rings. The van der Waals surface area contributed by atoms with Gasteiger partial charge in [-0.2, -0.15) is 5.10 Å². The van der Waals surface area contributed by atoms with Crippen molar-refractivity contribution in [1.82, 2.24) is 20.8 Å². The molecule has 1 aromatic carbocycles. The van der Waals surface area contributed by atoms with Crippen LogP contribution in [0.4, 0.5) is 0 Å². The van der Waals surface area contributed by atoms with Crippen LogP contribution in [-0.4, -0.2) is 28.8 Å². The fourth-order valence-corrected chi connectivity index (χ4v) is 4.17. The number of nitrogens with zero attached hydrogens (tertiary/aromatic N) is 2. The van der Waals surface area contributed by atoms with Gasteiger partial charge in [0.25, 0.3) is 0 Å². The molecule has 1 saturated carbocycles. The largest absolute Gasteiger partial charge is 0.487 e. The molecule has 7 heteroatoms. The molecule has 0 amide bonds. The summed E-state index contributed by atoms with van der Waals surface area (Å²) in [5, 5.41) is 14.1. The van der Waals surface area contributed by atoms with Gasteiger partial charge in [0.1, 0.15) is 11.4 Å². The van der Waals surface area contributed by atoms with E-state index in [1.807, 2.05) is 20.2 Å². The number of H-pyrrole nitrogens is 1. The number of guanidine groups is 1. The van der Waals surface area contributed by atoms with Gasteiger partial charge in [0, 0.05) is 36.8 Å². The van der Waals surface area contributed by atoms with Crippen LogP contribution < -0.4 is 15.4 Å². The van der Waals surface area contributed by atoms with Gasteiger partial charge >= 0.3 is 0 Å². The van der Waals surface area contributed by atoms with Gasteiger partial charge in [0.15, 0.2) is 5.96 Å². The van der Waals surface area contributed by atoms with E-state index >= 15 is 0 Å². The normalized spacial score (nSPS) is 20.5. The number of hydrogen-bond donors (Lipinski definition) is 3. The Hall–Kier alpha value is -1.77. The highest BCUT2D eigenvalue weighted by molar-refractivity contribution is 14.0. The summed E-state index contributed by atoms with van der Waals surface area (Å²) in [7, 11) is 1.81. The summed E-state index contributed by atoms with van der Waals surface area (Å²) in [5.74, 6) is 1.82. The molecule has 2 heterocycles. The van der Waals surface area contributed by atoms with Crippen LogP contribution in [0, 0.1) is 6.92 Å². The second-order valence-corrected chi connectivity index (χ2v) is 7.38. The SMILES string of the molecule is CN=C(NCc1cn[nH]c1C)NC1CC2(CCCC2)Oc2ccccc21.I. The minimum Gasteiger partial charge on any atom is -0.487 e. The van der Waals surface area contributed by atoms with Crippen molar-refractivity contribution in [3.05, 3.63) is 47.3 Å². The van der Waals surface area contributed by atoms with Crippen LogP contribution in [0.15, 0.2) is 35.5 Å². The number of rotatable bonds is 3. The number of ether oxygens (including phenoxy) is 1. The summed E-state index contributed by atoms with van der Waals surface area (Å²) < 4.78 is 6.45. The Labute approximate surface area is 177 Å². The summed E-state index contributed by atoms with van der Waals surface area (Å²) in [5.41, 5.74) is 3.42. The van der Waals surface area contributed by atoms with E-state index in [1.165, 1.54) is 18.4 Å². The topological polar surface area (TPSA) is 74.3 Å². The van der Waals surface area contributed by atoms with Crippen molar-refractivity contribution < 1.29 is 4.74 Å². The summed E-state index contributed by atoms with van der Waals surface area (Å²) in [6.45, 7) is 2.72. The van der Waals surface area contributed by atoms with Gasteiger partial charge in [-0.15, -0.1) is 24.0 Å². The lowest BCUT2D eigenvalue weighted by Gasteiger charge is -2.40. The maximum Gasteiger partial charge on any atom is 0.191 e. The van der Waals surface area contributed by atoms with Crippen molar-refractivity contribution >= 4 is 29.9 Å². The predicted molar refractivity (Wildman–Crippen MR) is 118 cm³/mol. The van der Waals surface area contributed by atoms with Gasteiger partial charge in [-0.3, -0.25) is 10.1 Å². The third kappa shape index (κ3) is 4.23. The number of para-hydroxylation sites is 1. The van der Waals surface area contributed by atoms with Gasteiger partial charge < -0.3 is 15.4 Å². The van der Waals surface area contributed by atoms with Crippen LogP contribution >= 0.6 is 24.0 Å². The summed E-state index contributed by atoms with van der Waals surface area (Å²) in [4.78, 5) is 4.42. The molecular weight excluding hydrogens is 453 g/mol. The number of aryl methyl sites for hydroxylation is 1. The molecule has 4 rings (SSSR count). The zero-order valence-electron chi connectivity index (χ0n) is 15.9. The quantitative estimate of drug-likeness (QED) is 0.354. The van der Waals surface area contributed by atoms with E-state index < -0.39 is 0 Å². The molecule has 0 bridgehead atoms. The molecule has 27 heavy (non-hydrogen) atoms. The van der Waals surface area contributed by atoms with Crippen molar-refractivity contribution in [2.24, 2.45) is 4.99 Å². The molecule has 1 aliphatic heterocycles. The van der Waals surface area contributed by atoms with Crippen molar-refractivity contribution in [3.63, 3.8) is 0 Å². The van der Waals surface area contributed by atoms with E-state index in [0.717, 1.165) is 42.2 Å². The van der Waals surface area contributed by atoms with E-state index in [-0.39, 0.29) is 35.6 Å². The molecule has 3 N–H and O–H groups in total. The highest BCUT2D eigenvalue weighted by atomic mass is 127. The number of aromatic amines is 1. The van der Waals surface area contributed by atoms with E-state index in [2.05, 4.69) is 50.1 Å². The Morgan fingerprint density at radius 1 is 1.33 bits per heavy atom. The first kappa shape index (κ1) is 20.0. The molecule has 1 aliphatic carbocycles. The standard InChI is InChI=1S/C20H27N5O.HI/c1-14-15(13-23-25-14)12-22-19(21-2)24-17-11-20(9-5-6-10-20)26-18-8-4-3-7-16(17)18;/h3-4,7-8,13,17H,5-6,9-12H2,1-2H3,(H,23,25)(H2,21,22,24);1H. The molecule has 1 aromatic heterocycles. The lowest BCUT2D eigenvalue weighted by atomic mass is 9.86. The van der Waals surface area contributed by atoms with Gasteiger partial charge in [0.05, 0.1) is 12.2 Å². The highest BCUT2D eigenvalue weighted by Crippen LogP contribution is 2.46. The molecule has 0 radical (unpaired) electrons. The van der Waals surface area contributed by atoms with E-state index in [9.17, 15) is 0 Å². The Morgan fingerprint density at radius 2 is 2.11 bits per heavy atom.